The second kappa shape index (κ2) is 6.73. The van der Waals surface area contributed by atoms with Crippen molar-refractivity contribution in [3.63, 3.8) is 0 Å². The van der Waals surface area contributed by atoms with Gasteiger partial charge in [0.15, 0.2) is 6.10 Å². The molecule has 1 atom stereocenters. The lowest BCUT2D eigenvalue weighted by Gasteiger charge is -2.17. The van der Waals surface area contributed by atoms with Crippen LogP contribution in [-0.4, -0.2) is 34.0 Å². The van der Waals surface area contributed by atoms with Gasteiger partial charge in [0.1, 0.15) is 0 Å². The lowest BCUT2D eigenvalue weighted by atomic mass is 10.2. The Bertz CT molecular complexity index is 726. The number of fused-ring (bicyclic) bond motifs is 1. The molecule has 0 radical (unpaired) electrons. The summed E-state index contributed by atoms with van der Waals surface area (Å²) in [6.07, 6.45) is 6.60. The smallest absolute Gasteiger partial charge is 0.338 e. The van der Waals surface area contributed by atoms with Crippen molar-refractivity contribution >= 4 is 22.9 Å². The highest BCUT2D eigenvalue weighted by atomic mass is 16.5. The van der Waals surface area contributed by atoms with E-state index in [2.05, 4.69) is 15.3 Å². The van der Waals surface area contributed by atoms with E-state index < -0.39 is 12.1 Å². The van der Waals surface area contributed by atoms with Gasteiger partial charge in [-0.25, -0.2) is 4.79 Å². The van der Waals surface area contributed by atoms with E-state index in [0.29, 0.717) is 16.6 Å². The molecule has 120 valence electrons. The standard InChI is InChI=1S/C17H19N3O3/c1-11(16(21)20-13-4-2-3-5-13)23-17(22)12-6-7-14-15(10-12)19-9-8-18-14/h6-11,13H,2-5H2,1H3,(H,20,21)/t11-/m1/s1. The summed E-state index contributed by atoms with van der Waals surface area (Å²) >= 11 is 0. The quantitative estimate of drug-likeness (QED) is 0.875. The van der Waals surface area contributed by atoms with Gasteiger partial charge in [-0.1, -0.05) is 12.8 Å². The van der Waals surface area contributed by atoms with Crippen molar-refractivity contribution in [2.75, 3.05) is 0 Å². The molecule has 1 aliphatic carbocycles. The van der Waals surface area contributed by atoms with Crippen LogP contribution in [-0.2, 0) is 9.53 Å². The summed E-state index contributed by atoms with van der Waals surface area (Å²) in [5.74, 6) is -0.780. The fraction of sp³-hybridized carbons (Fsp3) is 0.412. The van der Waals surface area contributed by atoms with Crippen LogP contribution in [0.25, 0.3) is 11.0 Å². The third kappa shape index (κ3) is 3.64. The number of esters is 1. The number of nitrogens with zero attached hydrogens (tertiary/aromatic N) is 2. The number of aromatic nitrogens is 2. The normalized spacial score (nSPS) is 16.2. The number of ether oxygens (including phenoxy) is 1. The molecule has 23 heavy (non-hydrogen) atoms. The highest BCUT2D eigenvalue weighted by molar-refractivity contribution is 5.95. The molecule has 1 N–H and O–H groups in total. The van der Waals surface area contributed by atoms with Gasteiger partial charge in [0.2, 0.25) is 0 Å². The zero-order chi connectivity index (χ0) is 16.2. The van der Waals surface area contributed by atoms with Crippen molar-refractivity contribution < 1.29 is 14.3 Å². The van der Waals surface area contributed by atoms with Crippen LogP contribution < -0.4 is 5.32 Å². The van der Waals surface area contributed by atoms with E-state index in [4.69, 9.17) is 4.74 Å². The third-order valence-corrected chi connectivity index (χ3v) is 4.06. The number of hydrogen-bond acceptors (Lipinski definition) is 5. The summed E-state index contributed by atoms with van der Waals surface area (Å²) in [6, 6.07) is 5.16. The molecule has 1 amide bonds. The SMILES string of the molecule is C[C@@H](OC(=O)c1ccc2nccnc2c1)C(=O)NC1CCCC1. The molecule has 0 spiro atoms. The average molecular weight is 313 g/mol. The number of rotatable bonds is 4. The molecule has 6 heteroatoms. The Morgan fingerprint density at radius 3 is 2.61 bits per heavy atom. The molecule has 1 saturated carbocycles. The highest BCUT2D eigenvalue weighted by Gasteiger charge is 2.23. The van der Waals surface area contributed by atoms with Gasteiger partial charge in [0.25, 0.3) is 5.91 Å². The molecule has 0 aliphatic heterocycles. The second-order valence-corrected chi connectivity index (χ2v) is 5.80. The van der Waals surface area contributed by atoms with Crippen LogP contribution in [0.15, 0.2) is 30.6 Å². The topological polar surface area (TPSA) is 81.2 Å². The molecule has 1 aliphatic rings. The molecule has 1 fully saturated rings. The average Bonchev–Trinajstić information content (AvgIpc) is 3.07. The molecular weight excluding hydrogens is 294 g/mol. The Morgan fingerprint density at radius 1 is 1.17 bits per heavy atom. The highest BCUT2D eigenvalue weighted by Crippen LogP contribution is 2.18. The lowest BCUT2D eigenvalue weighted by Crippen LogP contribution is -2.40. The van der Waals surface area contributed by atoms with E-state index in [1.165, 1.54) is 0 Å². The molecule has 1 aromatic carbocycles. The Hall–Kier alpha value is -2.50. The minimum absolute atomic E-state index is 0.208. The van der Waals surface area contributed by atoms with Crippen molar-refractivity contribution in [3.05, 3.63) is 36.2 Å². The van der Waals surface area contributed by atoms with Crippen LogP contribution in [0.2, 0.25) is 0 Å². The zero-order valence-electron chi connectivity index (χ0n) is 13.0. The van der Waals surface area contributed by atoms with Crippen LogP contribution in [0.4, 0.5) is 0 Å². The number of hydrogen-bond donors (Lipinski definition) is 1. The van der Waals surface area contributed by atoms with Gasteiger partial charge in [-0.2, -0.15) is 0 Å². The van der Waals surface area contributed by atoms with Crippen molar-refractivity contribution in [3.8, 4) is 0 Å². The maximum absolute atomic E-state index is 12.2. The molecule has 2 aromatic rings. The number of carbonyl (C=O) groups excluding carboxylic acids is 2. The molecule has 0 unspecified atom stereocenters. The van der Waals surface area contributed by atoms with E-state index >= 15 is 0 Å². The van der Waals surface area contributed by atoms with E-state index in [1.54, 1.807) is 37.5 Å². The Morgan fingerprint density at radius 2 is 1.87 bits per heavy atom. The van der Waals surface area contributed by atoms with E-state index in [0.717, 1.165) is 25.7 Å². The monoisotopic (exact) mass is 313 g/mol. The molecular formula is C17H19N3O3. The number of benzene rings is 1. The van der Waals surface area contributed by atoms with Gasteiger partial charge in [-0.05, 0) is 38.0 Å². The molecule has 0 bridgehead atoms. The first-order valence-electron chi connectivity index (χ1n) is 7.85. The van der Waals surface area contributed by atoms with Gasteiger partial charge in [-0.15, -0.1) is 0 Å². The Balaban J connectivity index is 1.63. The maximum Gasteiger partial charge on any atom is 0.338 e. The van der Waals surface area contributed by atoms with Crippen LogP contribution in [0.3, 0.4) is 0 Å². The maximum atomic E-state index is 12.2. The summed E-state index contributed by atoms with van der Waals surface area (Å²) in [5, 5.41) is 2.93. The number of carbonyl (C=O) groups is 2. The first-order chi connectivity index (χ1) is 11.1. The Labute approximate surface area is 134 Å². The van der Waals surface area contributed by atoms with Crippen LogP contribution >= 0.6 is 0 Å². The molecule has 1 aromatic heterocycles. The fourth-order valence-corrected chi connectivity index (χ4v) is 2.76. The van der Waals surface area contributed by atoms with E-state index in [-0.39, 0.29) is 11.9 Å². The zero-order valence-corrected chi connectivity index (χ0v) is 13.0. The van der Waals surface area contributed by atoms with Crippen molar-refractivity contribution in [2.45, 2.75) is 44.8 Å². The lowest BCUT2D eigenvalue weighted by molar-refractivity contribution is -0.129. The van der Waals surface area contributed by atoms with E-state index in [1.807, 2.05) is 0 Å². The van der Waals surface area contributed by atoms with Gasteiger partial charge < -0.3 is 10.1 Å². The van der Waals surface area contributed by atoms with Crippen LogP contribution in [0.5, 0.6) is 0 Å². The van der Waals surface area contributed by atoms with Crippen molar-refractivity contribution in [1.29, 1.82) is 0 Å². The summed E-state index contributed by atoms with van der Waals surface area (Å²) in [6.45, 7) is 1.59. The predicted octanol–water partition coefficient (Wildman–Crippen LogP) is 2.23. The molecule has 3 rings (SSSR count). The van der Waals surface area contributed by atoms with Crippen molar-refractivity contribution in [1.82, 2.24) is 15.3 Å². The summed E-state index contributed by atoms with van der Waals surface area (Å²) in [7, 11) is 0. The van der Waals surface area contributed by atoms with Gasteiger partial charge in [0, 0.05) is 18.4 Å². The van der Waals surface area contributed by atoms with E-state index in [9.17, 15) is 9.59 Å². The first kappa shape index (κ1) is 15.4. The molecule has 0 saturated heterocycles. The van der Waals surface area contributed by atoms with Crippen LogP contribution in [0, 0.1) is 0 Å². The number of nitrogens with one attached hydrogen (secondary N) is 1. The fourth-order valence-electron chi connectivity index (χ4n) is 2.76. The van der Waals surface area contributed by atoms with Gasteiger partial charge in [0.05, 0.1) is 16.6 Å². The largest absolute Gasteiger partial charge is 0.449 e. The van der Waals surface area contributed by atoms with Gasteiger partial charge in [-0.3, -0.25) is 14.8 Å². The minimum Gasteiger partial charge on any atom is -0.449 e. The molecule has 6 nitrogen and oxygen atoms in total. The second-order valence-electron chi connectivity index (χ2n) is 5.80. The summed E-state index contributed by atoms with van der Waals surface area (Å²) in [4.78, 5) is 32.6. The third-order valence-electron chi connectivity index (χ3n) is 4.06. The summed E-state index contributed by atoms with van der Waals surface area (Å²) < 4.78 is 5.26. The number of amides is 1. The predicted molar refractivity (Wildman–Crippen MR) is 84.8 cm³/mol. The Kier molecular flexibility index (Phi) is 4.50. The van der Waals surface area contributed by atoms with Crippen molar-refractivity contribution in [2.24, 2.45) is 0 Å². The summed E-state index contributed by atoms with van der Waals surface area (Å²) in [5.41, 5.74) is 1.68. The first-order valence-corrected chi connectivity index (χ1v) is 7.85. The van der Waals surface area contributed by atoms with Gasteiger partial charge >= 0.3 is 5.97 Å². The minimum atomic E-state index is -0.819. The molecule has 1 heterocycles. The van der Waals surface area contributed by atoms with Crippen LogP contribution in [0.1, 0.15) is 43.0 Å².